The summed E-state index contributed by atoms with van der Waals surface area (Å²) in [5.41, 5.74) is 2.57. The second kappa shape index (κ2) is 5.13. The molecule has 0 aliphatic heterocycles. The van der Waals surface area contributed by atoms with E-state index in [1.165, 1.54) is 24.0 Å². The highest BCUT2D eigenvalue weighted by atomic mass is 32.2. The summed E-state index contributed by atoms with van der Waals surface area (Å²) in [4.78, 5) is 0. The largest absolute Gasteiger partial charge is 0.259 e. The molecule has 0 saturated heterocycles. The smallest absolute Gasteiger partial charge is 0.0485 e. The number of hydrogen-bond donors (Lipinski definition) is 0. The number of benzene rings is 1. The fraction of sp³-hybridized carbons (Fsp3) is 0.571. The van der Waals surface area contributed by atoms with Crippen molar-refractivity contribution >= 4 is 10.8 Å². The van der Waals surface area contributed by atoms with Crippen LogP contribution in [-0.4, -0.2) is 9.96 Å². The molecule has 1 aromatic rings. The Kier molecular flexibility index (Phi) is 3.80. The molecule has 0 amide bonds. The topological polar surface area (TPSA) is 17.1 Å². The Bertz CT molecular complexity index is 363. The van der Waals surface area contributed by atoms with E-state index in [2.05, 4.69) is 38.1 Å². The summed E-state index contributed by atoms with van der Waals surface area (Å²) in [7, 11) is -0.656. The van der Waals surface area contributed by atoms with Crippen molar-refractivity contribution in [3.8, 4) is 0 Å². The van der Waals surface area contributed by atoms with Crippen molar-refractivity contribution in [3.05, 3.63) is 35.4 Å². The van der Waals surface area contributed by atoms with Gasteiger partial charge in [0.1, 0.15) is 0 Å². The van der Waals surface area contributed by atoms with Gasteiger partial charge in [0.05, 0.1) is 0 Å². The molecule has 2 heteroatoms. The first kappa shape index (κ1) is 11.8. The normalized spacial score (nSPS) is 17.7. The van der Waals surface area contributed by atoms with E-state index < -0.39 is 10.8 Å². The Morgan fingerprint density at radius 3 is 2.38 bits per heavy atom. The summed E-state index contributed by atoms with van der Waals surface area (Å²) in [6.07, 6.45) is 2.58. The Morgan fingerprint density at radius 1 is 1.25 bits per heavy atom. The van der Waals surface area contributed by atoms with E-state index in [1.807, 2.05) is 0 Å². The minimum Gasteiger partial charge on any atom is -0.259 e. The maximum Gasteiger partial charge on any atom is 0.0485 e. The van der Waals surface area contributed by atoms with E-state index in [4.69, 9.17) is 0 Å². The highest BCUT2D eigenvalue weighted by Crippen LogP contribution is 2.30. The minimum atomic E-state index is -0.656. The molecule has 0 N–H and O–H groups in total. The quantitative estimate of drug-likeness (QED) is 0.765. The zero-order valence-electron chi connectivity index (χ0n) is 10.1. The molecule has 0 bridgehead atoms. The lowest BCUT2D eigenvalue weighted by Crippen LogP contribution is -2.02. The monoisotopic (exact) mass is 236 g/mol. The van der Waals surface area contributed by atoms with Crippen molar-refractivity contribution in [1.29, 1.82) is 0 Å². The Morgan fingerprint density at radius 2 is 1.88 bits per heavy atom. The molecule has 0 aromatic heterocycles. The van der Waals surface area contributed by atoms with Gasteiger partial charge in [0.15, 0.2) is 0 Å². The average Bonchev–Trinajstić information content (AvgIpc) is 3.02. The third-order valence-electron chi connectivity index (χ3n) is 3.09. The van der Waals surface area contributed by atoms with Gasteiger partial charge in [0.2, 0.25) is 0 Å². The predicted octanol–water partition coefficient (Wildman–Crippen LogP) is 3.47. The standard InChI is InChI=1S/C14H20OS/c1-11(2)14-7-5-13(6-8-14)10-16(15)9-12-3-4-12/h5-8,11-12H,3-4,9-10H2,1-2H3/t16-/m0/s1. The lowest BCUT2D eigenvalue weighted by atomic mass is 10.0. The molecule has 1 nitrogen and oxygen atoms in total. The van der Waals surface area contributed by atoms with Crippen LogP contribution in [0.25, 0.3) is 0 Å². The van der Waals surface area contributed by atoms with Crippen LogP contribution >= 0.6 is 0 Å². The van der Waals surface area contributed by atoms with Crippen LogP contribution in [0.1, 0.15) is 43.7 Å². The van der Waals surface area contributed by atoms with Gasteiger partial charge in [0, 0.05) is 22.3 Å². The fourth-order valence-corrected chi connectivity index (χ4v) is 3.33. The van der Waals surface area contributed by atoms with Crippen molar-refractivity contribution in [2.45, 2.75) is 38.4 Å². The molecular formula is C14H20OS. The summed E-state index contributed by atoms with van der Waals surface area (Å²) in [6.45, 7) is 4.39. The summed E-state index contributed by atoms with van der Waals surface area (Å²) in [5.74, 6) is 2.97. The zero-order chi connectivity index (χ0) is 11.5. The molecule has 1 aromatic carbocycles. The van der Waals surface area contributed by atoms with Gasteiger partial charge in [-0.05, 0) is 35.8 Å². The van der Waals surface area contributed by atoms with Crippen LogP contribution in [0.15, 0.2) is 24.3 Å². The van der Waals surface area contributed by atoms with Crippen molar-refractivity contribution in [2.24, 2.45) is 5.92 Å². The summed E-state index contributed by atoms with van der Waals surface area (Å²) < 4.78 is 11.8. The van der Waals surface area contributed by atoms with E-state index in [9.17, 15) is 4.21 Å². The first-order valence-electron chi connectivity index (χ1n) is 6.09. The number of hydrogen-bond acceptors (Lipinski definition) is 1. The highest BCUT2D eigenvalue weighted by molar-refractivity contribution is 7.84. The maximum absolute atomic E-state index is 11.8. The van der Waals surface area contributed by atoms with Gasteiger partial charge in [-0.15, -0.1) is 0 Å². The first-order chi connectivity index (χ1) is 7.65. The molecule has 0 spiro atoms. The van der Waals surface area contributed by atoms with E-state index in [-0.39, 0.29) is 0 Å². The van der Waals surface area contributed by atoms with Gasteiger partial charge < -0.3 is 0 Å². The summed E-state index contributed by atoms with van der Waals surface area (Å²) in [5, 5.41) is 0. The van der Waals surface area contributed by atoms with Crippen LogP contribution in [0.3, 0.4) is 0 Å². The highest BCUT2D eigenvalue weighted by Gasteiger charge is 2.23. The third kappa shape index (κ3) is 3.44. The third-order valence-corrected chi connectivity index (χ3v) is 4.59. The average molecular weight is 236 g/mol. The molecule has 0 unspecified atom stereocenters. The predicted molar refractivity (Wildman–Crippen MR) is 70.0 cm³/mol. The van der Waals surface area contributed by atoms with Crippen LogP contribution in [0.5, 0.6) is 0 Å². The Hall–Kier alpha value is -0.630. The van der Waals surface area contributed by atoms with Crippen LogP contribution in [0, 0.1) is 5.92 Å². The molecule has 1 fully saturated rings. The van der Waals surface area contributed by atoms with E-state index in [0.717, 1.165) is 17.4 Å². The second-order valence-electron chi connectivity index (χ2n) is 5.09. The summed E-state index contributed by atoms with van der Waals surface area (Å²) in [6, 6.07) is 8.57. The molecular weight excluding hydrogens is 216 g/mol. The zero-order valence-corrected chi connectivity index (χ0v) is 10.9. The lowest BCUT2D eigenvalue weighted by Gasteiger charge is -2.06. The molecule has 0 radical (unpaired) electrons. The van der Waals surface area contributed by atoms with Crippen LogP contribution < -0.4 is 0 Å². The Labute approximate surface area is 101 Å². The minimum absolute atomic E-state index is 0.575. The molecule has 16 heavy (non-hydrogen) atoms. The van der Waals surface area contributed by atoms with Gasteiger partial charge in [-0.25, -0.2) is 0 Å². The van der Waals surface area contributed by atoms with Crippen molar-refractivity contribution in [3.63, 3.8) is 0 Å². The van der Waals surface area contributed by atoms with Gasteiger partial charge in [-0.2, -0.15) is 0 Å². The fourth-order valence-electron chi connectivity index (χ4n) is 1.79. The van der Waals surface area contributed by atoms with E-state index in [0.29, 0.717) is 5.92 Å². The molecule has 1 aliphatic carbocycles. The van der Waals surface area contributed by atoms with Gasteiger partial charge in [-0.1, -0.05) is 38.1 Å². The Balaban J connectivity index is 1.90. The van der Waals surface area contributed by atoms with Gasteiger partial charge in [-0.3, -0.25) is 4.21 Å². The van der Waals surface area contributed by atoms with Gasteiger partial charge >= 0.3 is 0 Å². The van der Waals surface area contributed by atoms with E-state index in [1.54, 1.807) is 0 Å². The molecule has 1 atom stereocenters. The number of rotatable bonds is 5. The molecule has 2 rings (SSSR count). The van der Waals surface area contributed by atoms with Crippen molar-refractivity contribution < 1.29 is 4.21 Å². The van der Waals surface area contributed by atoms with Crippen molar-refractivity contribution in [1.82, 2.24) is 0 Å². The lowest BCUT2D eigenvalue weighted by molar-refractivity contribution is 0.679. The molecule has 0 heterocycles. The van der Waals surface area contributed by atoms with Crippen molar-refractivity contribution in [2.75, 3.05) is 5.75 Å². The van der Waals surface area contributed by atoms with E-state index >= 15 is 0 Å². The first-order valence-corrected chi connectivity index (χ1v) is 7.58. The SMILES string of the molecule is CC(C)c1ccc(C[S@@](=O)CC2CC2)cc1. The van der Waals surface area contributed by atoms with Gasteiger partial charge in [0.25, 0.3) is 0 Å². The summed E-state index contributed by atoms with van der Waals surface area (Å²) >= 11 is 0. The molecule has 1 saturated carbocycles. The molecule has 88 valence electrons. The van der Waals surface area contributed by atoms with Crippen LogP contribution in [0.2, 0.25) is 0 Å². The van der Waals surface area contributed by atoms with Crippen LogP contribution in [0.4, 0.5) is 0 Å². The second-order valence-corrected chi connectivity index (χ2v) is 6.59. The molecule has 1 aliphatic rings. The maximum atomic E-state index is 11.8. The van der Waals surface area contributed by atoms with Crippen LogP contribution in [-0.2, 0) is 16.6 Å².